The van der Waals surface area contributed by atoms with Crippen molar-refractivity contribution in [3.05, 3.63) is 28.8 Å². The van der Waals surface area contributed by atoms with E-state index >= 15 is 0 Å². The van der Waals surface area contributed by atoms with E-state index in [1.54, 1.807) is 12.1 Å². The number of imide groups is 1. The predicted molar refractivity (Wildman–Crippen MR) is 105 cm³/mol. The van der Waals surface area contributed by atoms with Gasteiger partial charge in [0.1, 0.15) is 0 Å². The summed E-state index contributed by atoms with van der Waals surface area (Å²) in [4.78, 5) is 50.0. The lowest BCUT2D eigenvalue weighted by atomic mass is 9.81. The third kappa shape index (κ3) is 4.52. The van der Waals surface area contributed by atoms with Crippen molar-refractivity contribution in [2.45, 2.75) is 39.0 Å². The zero-order chi connectivity index (χ0) is 20.3. The Hall–Kier alpha value is -2.41. The van der Waals surface area contributed by atoms with Crippen LogP contribution >= 0.6 is 11.6 Å². The first-order valence-electron chi connectivity index (χ1n) is 9.54. The van der Waals surface area contributed by atoms with E-state index in [4.69, 9.17) is 11.6 Å². The van der Waals surface area contributed by atoms with Crippen LogP contribution in [-0.2, 0) is 19.2 Å². The molecule has 3 rings (SSSR count). The molecule has 0 spiro atoms. The molecule has 4 amide bonds. The van der Waals surface area contributed by atoms with Crippen molar-refractivity contribution in [3.8, 4) is 0 Å². The zero-order valence-electron chi connectivity index (χ0n) is 15.8. The molecule has 1 aliphatic heterocycles. The number of carbonyl (C=O) groups excluding carboxylic acids is 4. The molecule has 1 aromatic rings. The first-order chi connectivity index (χ1) is 13.4. The number of halogens is 1. The second kappa shape index (κ2) is 8.73. The summed E-state index contributed by atoms with van der Waals surface area (Å²) in [5.74, 6) is -1.54. The lowest BCUT2D eigenvalue weighted by Gasteiger charge is -2.19. The molecule has 0 aromatic heterocycles. The van der Waals surface area contributed by atoms with Crippen molar-refractivity contribution in [1.29, 1.82) is 0 Å². The highest BCUT2D eigenvalue weighted by Crippen LogP contribution is 2.37. The Kier molecular flexibility index (Phi) is 6.34. The van der Waals surface area contributed by atoms with Crippen molar-refractivity contribution in [2.75, 3.05) is 18.4 Å². The van der Waals surface area contributed by atoms with Gasteiger partial charge in [-0.3, -0.25) is 24.1 Å². The van der Waals surface area contributed by atoms with Gasteiger partial charge in [0, 0.05) is 13.0 Å². The van der Waals surface area contributed by atoms with Gasteiger partial charge < -0.3 is 10.6 Å². The van der Waals surface area contributed by atoms with E-state index in [9.17, 15) is 19.2 Å². The molecular formula is C20H24ClN3O4. The van der Waals surface area contributed by atoms with Crippen LogP contribution in [0, 0.1) is 18.8 Å². The van der Waals surface area contributed by atoms with E-state index in [0.717, 1.165) is 31.2 Å². The third-order valence-corrected chi connectivity index (χ3v) is 5.65. The molecule has 2 unspecified atom stereocenters. The number of fused-ring (bicyclic) bond motifs is 1. The van der Waals surface area contributed by atoms with Crippen LogP contribution in [0.15, 0.2) is 18.2 Å². The van der Waals surface area contributed by atoms with Gasteiger partial charge >= 0.3 is 0 Å². The van der Waals surface area contributed by atoms with Crippen LogP contribution in [0.25, 0.3) is 0 Å². The molecule has 150 valence electrons. The Morgan fingerprint density at radius 2 is 1.75 bits per heavy atom. The zero-order valence-corrected chi connectivity index (χ0v) is 16.6. The number of rotatable bonds is 6. The predicted octanol–water partition coefficient (Wildman–Crippen LogP) is 2.27. The van der Waals surface area contributed by atoms with Crippen LogP contribution in [0.1, 0.15) is 37.7 Å². The number of likely N-dealkylation sites (tertiary alicyclic amines) is 1. The summed E-state index contributed by atoms with van der Waals surface area (Å²) >= 11 is 6.07. The number of aryl methyl sites for hydroxylation is 1. The van der Waals surface area contributed by atoms with Gasteiger partial charge in [0.25, 0.3) is 0 Å². The molecule has 28 heavy (non-hydrogen) atoms. The van der Waals surface area contributed by atoms with Crippen LogP contribution < -0.4 is 10.6 Å². The molecule has 1 aliphatic carbocycles. The Morgan fingerprint density at radius 3 is 2.36 bits per heavy atom. The second-order valence-electron chi connectivity index (χ2n) is 7.38. The first-order valence-corrected chi connectivity index (χ1v) is 9.92. The highest BCUT2D eigenvalue weighted by molar-refractivity contribution is 6.33. The fourth-order valence-corrected chi connectivity index (χ4v) is 4.13. The molecule has 1 saturated heterocycles. The van der Waals surface area contributed by atoms with Gasteiger partial charge in [-0.25, -0.2) is 0 Å². The quantitative estimate of drug-likeness (QED) is 0.709. The Bertz CT molecular complexity index is 787. The maximum atomic E-state index is 12.4. The molecule has 2 atom stereocenters. The van der Waals surface area contributed by atoms with E-state index in [-0.39, 0.29) is 49.1 Å². The summed E-state index contributed by atoms with van der Waals surface area (Å²) in [6, 6.07) is 5.25. The summed E-state index contributed by atoms with van der Waals surface area (Å²) in [5.41, 5.74) is 1.45. The number of benzene rings is 1. The van der Waals surface area contributed by atoms with Gasteiger partial charge in [0.15, 0.2) is 0 Å². The molecule has 8 heteroatoms. The summed E-state index contributed by atoms with van der Waals surface area (Å²) in [6.45, 7) is 1.74. The Labute approximate surface area is 168 Å². The van der Waals surface area contributed by atoms with Crippen molar-refractivity contribution in [2.24, 2.45) is 11.8 Å². The van der Waals surface area contributed by atoms with Gasteiger partial charge in [-0.2, -0.15) is 0 Å². The molecule has 1 heterocycles. The number of nitrogens with zero attached hydrogens (tertiary/aromatic N) is 1. The molecule has 2 fully saturated rings. The van der Waals surface area contributed by atoms with E-state index < -0.39 is 5.91 Å². The number of amides is 4. The highest BCUT2D eigenvalue weighted by atomic mass is 35.5. The average molecular weight is 406 g/mol. The minimum absolute atomic E-state index is 0.0184. The van der Waals surface area contributed by atoms with Crippen molar-refractivity contribution in [1.82, 2.24) is 10.2 Å². The molecule has 0 bridgehead atoms. The summed E-state index contributed by atoms with van der Waals surface area (Å²) in [5, 5.41) is 5.56. The summed E-state index contributed by atoms with van der Waals surface area (Å²) < 4.78 is 0. The van der Waals surface area contributed by atoms with E-state index in [2.05, 4.69) is 10.6 Å². The van der Waals surface area contributed by atoms with Crippen LogP contribution in [0.5, 0.6) is 0 Å². The second-order valence-corrected chi connectivity index (χ2v) is 7.79. The van der Waals surface area contributed by atoms with Crippen LogP contribution in [0.3, 0.4) is 0 Å². The lowest BCUT2D eigenvalue weighted by molar-refractivity contribution is -0.140. The molecule has 0 radical (unpaired) electrons. The van der Waals surface area contributed by atoms with Crippen molar-refractivity contribution < 1.29 is 19.2 Å². The smallest absolute Gasteiger partial charge is 0.243 e. The molecule has 1 saturated carbocycles. The fraction of sp³-hybridized carbons (Fsp3) is 0.500. The average Bonchev–Trinajstić information content (AvgIpc) is 2.91. The number of anilines is 1. The maximum absolute atomic E-state index is 12.4. The number of hydrogen-bond donors (Lipinski definition) is 2. The lowest BCUT2D eigenvalue weighted by Crippen LogP contribution is -2.37. The monoisotopic (exact) mass is 405 g/mol. The number of hydrogen-bond acceptors (Lipinski definition) is 4. The van der Waals surface area contributed by atoms with Gasteiger partial charge in [0.05, 0.1) is 29.1 Å². The van der Waals surface area contributed by atoms with E-state index in [0.29, 0.717) is 10.7 Å². The van der Waals surface area contributed by atoms with Crippen LogP contribution in [-0.4, -0.2) is 41.6 Å². The SMILES string of the molecule is Cc1ccc(NC(=O)CNC(=O)CCN2C(=O)C3CCCCC3C2=O)c(Cl)c1. The summed E-state index contributed by atoms with van der Waals surface area (Å²) in [6.07, 6.45) is 3.41. The third-order valence-electron chi connectivity index (χ3n) is 5.34. The number of nitrogens with one attached hydrogen (secondary N) is 2. The van der Waals surface area contributed by atoms with Crippen molar-refractivity contribution in [3.63, 3.8) is 0 Å². The Morgan fingerprint density at radius 1 is 1.11 bits per heavy atom. The first kappa shape index (κ1) is 20.3. The fourth-order valence-electron chi connectivity index (χ4n) is 3.85. The molecular weight excluding hydrogens is 382 g/mol. The van der Waals surface area contributed by atoms with Gasteiger partial charge in [-0.05, 0) is 37.5 Å². The minimum atomic E-state index is -0.404. The minimum Gasteiger partial charge on any atom is -0.347 e. The van der Waals surface area contributed by atoms with Gasteiger partial charge in [-0.1, -0.05) is 30.5 Å². The topological polar surface area (TPSA) is 95.6 Å². The summed E-state index contributed by atoms with van der Waals surface area (Å²) in [7, 11) is 0. The van der Waals surface area contributed by atoms with Crippen LogP contribution in [0.2, 0.25) is 5.02 Å². The van der Waals surface area contributed by atoms with Crippen molar-refractivity contribution >= 4 is 40.9 Å². The highest BCUT2D eigenvalue weighted by Gasteiger charge is 2.47. The Balaban J connectivity index is 1.44. The molecule has 2 N–H and O–H groups in total. The van der Waals surface area contributed by atoms with E-state index in [1.165, 1.54) is 4.90 Å². The molecule has 1 aromatic carbocycles. The largest absolute Gasteiger partial charge is 0.347 e. The van der Waals surface area contributed by atoms with Gasteiger partial charge in [0.2, 0.25) is 23.6 Å². The van der Waals surface area contributed by atoms with Crippen LogP contribution in [0.4, 0.5) is 5.69 Å². The normalized spacial score (nSPS) is 21.4. The van der Waals surface area contributed by atoms with E-state index in [1.807, 2.05) is 13.0 Å². The maximum Gasteiger partial charge on any atom is 0.243 e. The molecule has 2 aliphatic rings. The standard InChI is InChI=1S/C20H24ClN3O4/c1-12-6-7-16(15(21)10-12)23-18(26)11-22-17(25)8-9-24-19(27)13-4-2-3-5-14(13)20(24)28/h6-7,10,13-14H,2-5,8-9,11H2,1H3,(H,22,25)(H,23,26). The van der Waals surface area contributed by atoms with Gasteiger partial charge in [-0.15, -0.1) is 0 Å². The molecule has 7 nitrogen and oxygen atoms in total. The number of carbonyl (C=O) groups is 4.